The van der Waals surface area contributed by atoms with Gasteiger partial charge in [0.05, 0.1) is 41.8 Å². The average Bonchev–Trinajstić information content (AvgIpc) is 2.80. The lowest BCUT2D eigenvalue weighted by Crippen LogP contribution is -2.08. The zero-order chi connectivity index (χ0) is 24.2. The van der Waals surface area contributed by atoms with Crippen LogP contribution in [0.1, 0.15) is 48.5 Å². The van der Waals surface area contributed by atoms with Crippen LogP contribution in [0.2, 0.25) is 0 Å². The Labute approximate surface area is 191 Å². The van der Waals surface area contributed by atoms with E-state index < -0.39 is 27.2 Å². The van der Waals surface area contributed by atoms with Crippen molar-refractivity contribution >= 4 is 23.4 Å². The summed E-state index contributed by atoms with van der Waals surface area (Å²) in [6.07, 6.45) is 6.93. The highest BCUT2D eigenvalue weighted by atomic mass is 16.6. The molecule has 0 aromatic heterocycles. The van der Waals surface area contributed by atoms with Gasteiger partial charge in [-0.05, 0) is 50.3 Å². The van der Waals surface area contributed by atoms with E-state index in [2.05, 4.69) is 0 Å². The smallest absolute Gasteiger partial charge is 0.338 e. The quantitative estimate of drug-likeness (QED) is 0.170. The van der Waals surface area contributed by atoms with Gasteiger partial charge < -0.3 is 14.2 Å². The fourth-order valence-electron chi connectivity index (χ4n) is 3.01. The lowest BCUT2D eigenvalue weighted by atomic mass is 10.1. The normalized spacial score (nSPS) is 10.7. The second-order valence-corrected chi connectivity index (χ2v) is 7.06. The largest absolute Gasteiger partial charge is 0.493 e. The van der Waals surface area contributed by atoms with Gasteiger partial charge in [0.15, 0.2) is 11.5 Å². The first-order valence-corrected chi connectivity index (χ1v) is 10.4. The maximum absolute atomic E-state index is 12.1. The van der Waals surface area contributed by atoms with E-state index >= 15 is 0 Å². The molecular weight excluding hydrogens is 432 g/mol. The standard InChI is InChI=1S/C23H26N2O8/c1-3-8-17-9-10-21(22(13-17)31-2)32-11-6-4-5-7-12-33-23(26)18-14-19(24(27)28)16-20(15-18)25(29)30/h3,8-10,13-16H,4-7,11-12H2,1-2H3/b8-3+. The molecule has 0 N–H and O–H groups in total. The molecule has 0 saturated heterocycles. The predicted octanol–water partition coefficient (Wildman–Crippen LogP) is 5.34. The Morgan fingerprint density at radius 3 is 2.12 bits per heavy atom. The highest BCUT2D eigenvalue weighted by Crippen LogP contribution is 2.29. The van der Waals surface area contributed by atoms with Crippen molar-refractivity contribution in [2.45, 2.75) is 32.6 Å². The van der Waals surface area contributed by atoms with Crippen LogP contribution in [0.5, 0.6) is 11.5 Å². The van der Waals surface area contributed by atoms with Crippen molar-refractivity contribution in [3.63, 3.8) is 0 Å². The average molecular weight is 458 g/mol. The summed E-state index contributed by atoms with van der Waals surface area (Å²) in [7, 11) is 1.59. The predicted molar refractivity (Wildman–Crippen MR) is 122 cm³/mol. The van der Waals surface area contributed by atoms with E-state index in [9.17, 15) is 25.0 Å². The highest BCUT2D eigenvalue weighted by molar-refractivity contribution is 5.91. The highest BCUT2D eigenvalue weighted by Gasteiger charge is 2.20. The molecule has 0 radical (unpaired) electrons. The molecule has 0 atom stereocenters. The van der Waals surface area contributed by atoms with Crippen molar-refractivity contribution < 1.29 is 28.9 Å². The molecule has 176 valence electrons. The zero-order valence-corrected chi connectivity index (χ0v) is 18.5. The lowest BCUT2D eigenvalue weighted by molar-refractivity contribution is -0.394. The molecule has 2 aromatic carbocycles. The first-order chi connectivity index (χ1) is 15.8. The zero-order valence-electron chi connectivity index (χ0n) is 18.5. The van der Waals surface area contributed by atoms with Crippen LogP contribution >= 0.6 is 0 Å². The van der Waals surface area contributed by atoms with Gasteiger partial charge in [-0.25, -0.2) is 4.79 Å². The van der Waals surface area contributed by atoms with Gasteiger partial charge in [-0.15, -0.1) is 0 Å². The van der Waals surface area contributed by atoms with Crippen LogP contribution in [-0.4, -0.2) is 36.1 Å². The molecular formula is C23H26N2O8. The molecule has 0 aliphatic carbocycles. The van der Waals surface area contributed by atoms with Crippen LogP contribution in [-0.2, 0) is 4.74 Å². The third kappa shape index (κ3) is 7.91. The molecule has 0 bridgehead atoms. The van der Waals surface area contributed by atoms with E-state index in [1.807, 2.05) is 37.3 Å². The van der Waals surface area contributed by atoms with E-state index in [1.165, 1.54) is 0 Å². The van der Waals surface area contributed by atoms with Gasteiger partial charge in [-0.2, -0.15) is 0 Å². The molecule has 0 fully saturated rings. The van der Waals surface area contributed by atoms with Crippen molar-refractivity contribution in [1.82, 2.24) is 0 Å². The molecule has 0 spiro atoms. The Morgan fingerprint density at radius 2 is 1.55 bits per heavy atom. The SMILES string of the molecule is C/C=C/c1ccc(OCCCCCCOC(=O)c2cc([N+](=O)[O-])cc([N+](=O)[O-])c2)c(OC)c1. The van der Waals surface area contributed by atoms with E-state index in [0.717, 1.165) is 43.0 Å². The summed E-state index contributed by atoms with van der Waals surface area (Å²) in [5.74, 6) is 0.503. The Kier molecular flexibility index (Phi) is 9.81. The summed E-state index contributed by atoms with van der Waals surface area (Å²) in [5, 5.41) is 21.8. The molecule has 0 amide bonds. The van der Waals surface area contributed by atoms with Crippen LogP contribution in [0, 0.1) is 20.2 Å². The fraction of sp³-hybridized carbons (Fsp3) is 0.348. The Hall–Kier alpha value is -3.95. The topological polar surface area (TPSA) is 131 Å². The lowest BCUT2D eigenvalue weighted by Gasteiger charge is -2.11. The monoisotopic (exact) mass is 458 g/mol. The molecule has 10 nitrogen and oxygen atoms in total. The summed E-state index contributed by atoms with van der Waals surface area (Å²) in [6, 6.07) is 8.44. The molecule has 2 rings (SSSR count). The number of benzene rings is 2. The molecule has 2 aromatic rings. The van der Waals surface area contributed by atoms with Crippen molar-refractivity contribution in [3.05, 3.63) is 73.8 Å². The van der Waals surface area contributed by atoms with Crippen LogP contribution < -0.4 is 9.47 Å². The Morgan fingerprint density at radius 1 is 0.909 bits per heavy atom. The number of nitro groups is 2. The number of rotatable bonds is 13. The number of carbonyl (C=O) groups is 1. The summed E-state index contributed by atoms with van der Waals surface area (Å²) < 4.78 is 16.2. The van der Waals surface area contributed by atoms with Gasteiger partial charge in [0.1, 0.15) is 0 Å². The van der Waals surface area contributed by atoms with Gasteiger partial charge in [0, 0.05) is 12.1 Å². The van der Waals surface area contributed by atoms with Crippen molar-refractivity contribution in [2.75, 3.05) is 20.3 Å². The summed E-state index contributed by atoms with van der Waals surface area (Å²) in [6.45, 7) is 2.56. The number of ether oxygens (including phenoxy) is 3. The molecule has 0 aliphatic heterocycles. The maximum atomic E-state index is 12.1. The maximum Gasteiger partial charge on any atom is 0.338 e. The minimum Gasteiger partial charge on any atom is -0.493 e. The van der Waals surface area contributed by atoms with E-state index in [1.54, 1.807) is 7.11 Å². The van der Waals surface area contributed by atoms with Crippen LogP contribution in [0.25, 0.3) is 6.08 Å². The van der Waals surface area contributed by atoms with Gasteiger partial charge in [-0.3, -0.25) is 20.2 Å². The first-order valence-electron chi connectivity index (χ1n) is 10.4. The Bertz CT molecular complexity index is 987. The van der Waals surface area contributed by atoms with Gasteiger partial charge >= 0.3 is 5.97 Å². The Balaban J connectivity index is 1.71. The second-order valence-electron chi connectivity index (χ2n) is 7.06. The summed E-state index contributed by atoms with van der Waals surface area (Å²) >= 11 is 0. The minimum atomic E-state index is -0.835. The van der Waals surface area contributed by atoms with Gasteiger partial charge in [0.2, 0.25) is 0 Å². The number of carbonyl (C=O) groups excluding carboxylic acids is 1. The fourth-order valence-corrected chi connectivity index (χ4v) is 3.01. The number of unbranched alkanes of at least 4 members (excludes halogenated alkanes) is 3. The molecule has 0 heterocycles. The second kappa shape index (κ2) is 12.8. The molecule has 0 unspecified atom stereocenters. The first kappa shape index (κ1) is 25.3. The number of nitrogens with zero attached hydrogens (tertiary/aromatic N) is 2. The van der Waals surface area contributed by atoms with Crippen molar-refractivity contribution in [2.24, 2.45) is 0 Å². The van der Waals surface area contributed by atoms with Crippen molar-refractivity contribution in [3.8, 4) is 11.5 Å². The number of allylic oxidation sites excluding steroid dienone is 1. The van der Waals surface area contributed by atoms with Crippen LogP contribution in [0.4, 0.5) is 11.4 Å². The number of non-ortho nitro benzene ring substituents is 2. The minimum absolute atomic E-state index is 0.108. The van der Waals surface area contributed by atoms with E-state index in [-0.39, 0.29) is 12.2 Å². The number of hydrogen-bond donors (Lipinski definition) is 0. The van der Waals surface area contributed by atoms with Crippen LogP contribution in [0.3, 0.4) is 0 Å². The summed E-state index contributed by atoms with van der Waals surface area (Å²) in [4.78, 5) is 32.4. The summed E-state index contributed by atoms with van der Waals surface area (Å²) in [5.41, 5.74) is -0.275. The van der Waals surface area contributed by atoms with Gasteiger partial charge in [-0.1, -0.05) is 18.2 Å². The molecule has 0 aliphatic rings. The molecule has 33 heavy (non-hydrogen) atoms. The number of esters is 1. The third-order valence-electron chi connectivity index (χ3n) is 4.64. The molecule has 0 saturated carbocycles. The third-order valence-corrected chi connectivity index (χ3v) is 4.64. The van der Waals surface area contributed by atoms with E-state index in [0.29, 0.717) is 24.5 Å². The molecule has 10 heteroatoms. The van der Waals surface area contributed by atoms with Crippen molar-refractivity contribution in [1.29, 1.82) is 0 Å². The van der Waals surface area contributed by atoms with Gasteiger partial charge in [0.25, 0.3) is 11.4 Å². The van der Waals surface area contributed by atoms with Crippen LogP contribution in [0.15, 0.2) is 42.5 Å². The number of methoxy groups -OCH3 is 1. The van der Waals surface area contributed by atoms with E-state index in [4.69, 9.17) is 14.2 Å². The number of hydrogen-bond acceptors (Lipinski definition) is 8. The number of nitro benzene ring substituents is 2.